The second-order valence-corrected chi connectivity index (χ2v) is 6.61. The fraction of sp³-hybridized carbons (Fsp3) is 0.562. The molecule has 0 bridgehead atoms. The molecule has 2 heterocycles. The summed E-state index contributed by atoms with van der Waals surface area (Å²) < 4.78 is 5.88. The molecular formula is C16H24ClN5O. The monoisotopic (exact) mass is 337 g/mol. The molecule has 0 amide bonds. The van der Waals surface area contributed by atoms with Crippen LogP contribution in [0.5, 0.6) is 0 Å². The summed E-state index contributed by atoms with van der Waals surface area (Å²) in [4.78, 5) is 1.65. The normalized spacial score (nSPS) is 17.4. The molecule has 0 spiro atoms. The van der Waals surface area contributed by atoms with Gasteiger partial charge in [0.05, 0.1) is 24.8 Å². The highest BCUT2D eigenvalue weighted by Crippen LogP contribution is 2.26. The molecule has 126 valence electrons. The third-order valence-electron chi connectivity index (χ3n) is 3.76. The predicted octanol–water partition coefficient (Wildman–Crippen LogP) is 2.25. The Labute approximate surface area is 143 Å². The zero-order valence-electron chi connectivity index (χ0n) is 13.8. The van der Waals surface area contributed by atoms with Gasteiger partial charge in [-0.05, 0) is 43.5 Å². The highest BCUT2D eigenvalue weighted by molar-refractivity contribution is 5.85. The lowest BCUT2D eigenvalue weighted by Crippen LogP contribution is -2.28. The van der Waals surface area contributed by atoms with Gasteiger partial charge >= 0.3 is 0 Å². The molecule has 1 N–H and O–H groups in total. The van der Waals surface area contributed by atoms with E-state index < -0.39 is 0 Å². The van der Waals surface area contributed by atoms with Crippen molar-refractivity contribution in [1.29, 1.82) is 0 Å². The van der Waals surface area contributed by atoms with Crippen molar-refractivity contribution in [3.63, 3.8) is 0 Å². The van der Waals surface area contributed by atoms with Crippen molar-refractivity contribution in [3.05, 3.63) is 41.2 Å². The van der Waals surface area contributed by atoms with E-state index in [-0.39, 0.29) is 24.0 Å². The van der Waals surface area contributed by atoms with Gasteiger partial charge in [-0.2, -0.15) is 4.80 Å². The molecule has 0 saturated heterocycles. The van der Waals surface area contributed by atoms with Gasteiger partial charge in [-0.3, -0.25) is 0 Å². The third-order valence-corrected chi connectivity index (χ3v) is 3.76. The van der Waals surface area contributed by atoms with Crippen LogP contribution >= 0.6 is 12.4 Å². The molecule has 0 fully saturated rings. The minimum atomic E-state index is -0.142. The van der Waals surface area contributed by atoms with Gasteiger partial charge in [0.2, 0.25) is 0 Å². The predicted molar refractivity (Wildman–Crippen MR) is 90.6 cm³/mol. The minimum Gasteiger partial charge on any atom is -0.372 e. The smallest absolute Gasteiger partial charge is 0.188 e. The van der Waals surface area contributed by atoms with E-state index in [0.29, 0.717) is 12.4 Å². The van der Waals surface area contributed by atoms with Crippen LogP contribution < -0.4 is 5.32 Å². The molecule has 1 aromatic carbocycles. The van der Waals surface area contributed by atoms with E-state index in [9.17, 15) is 0 Å². The maximum atomic E-state index is 5.88. The molecule has 0 aliphatic carbocycles. The summed E-state index contributed by atoms with van der Waals surface area (Å²) >= 11 is 0. The zero-order chi connectivity index (χ0) is 15.6. The van der Waals surface area contributed by atoms with Crippen molar-refractivity contribution in [2.24, 2.45) is 0 Å². The fourth-order valence-electron chi connectivity index (χ4n) is 2.56. The number of ether oxygens (including phenoxy) is 1. The highest BCUT2D eigenvalue weighted by atomic mass is 35.5. The quantitative estimate of drug-likeness (QED) is 0.927. The van der Waals surface area contributed by atoms with Crippen LogP contribution in [0.1, 0.15) is 43.8 Å². The molecule has 2 aromatic rings. The lowest BCUT2D eigenvalue weighted by Gasteiger charge is -2.26. The van der Waals surface area contributed by atoms with Crippen molar-refractivity contribution < 1.29 is 4.74 Å². The first-order valence-corrected chi connectivity index (χ1v) is 7.73. The minimum absolute atomic E-state index is 0. The van der Waals surface area contributed by atoms with E-state index in [1.807, 2.05) is 0 Å². The number of nitrogens with one attached hydrogen (secondary N) is 1. The number of tetrazole rings is 1. The van der Waals surface area contributed by atoms with Gasteiger partial charge in [0.15, 0.2) is 5.82 Å². The fourth-order valence-corrected chi connectivity index (χ4v) is 2.56. The maximum absolute atomic E-state index is 5.88. The number of rotatable bonds is 4. The van der Waals surface area contributed by atoms with Crippen molar-refractivity contribution in [2.45, 2.75) is 45.4 Å². The molecule has 1 aromatic heterocycles. The number of halogens is 1. The number of benzene rings is 1. The Kier molecular flexibility index (Phi) is 5.73. The van der Waals surface area contributed by atoms with Crippen molar-refractivity contribution in [3.8, 4) is 0 Å². The first-order chi connectivity index (χ1) is 10.5. The van der Waals surface area contributed by atoms with Gasteiger partial charge in [0.1, 0.15) is 0 Å². The summed E-state index contributed by atoms with van der Waals surface area (Å²) in [5.74, 6) is 0.707. The first kappa shape index (κ1) is 17.8. The molecule has 0 radical (unpaired) electrons. The van der Waals surface area contributed by atoms with Crippen LogP contribution in [0.4, 0.5) is 0 Å². The highest BCUT2D eigenvalue weighted by Gasteiger charge is 2.20. The summed E-state index contributed by atoms with van der Waals surface area (Å²) in [6.07, 6.45) is 1.09. The van der Waals surface area contributed by atoms with Gasteiger partial charge in [-0.1, -0.05) is 24.3 Å². The second-order valence-electron chi connectivity index (χ2n) is 6.61. The molecule has 1 aliphatic heterocycles. The summed E-state index contributed by atoms with van der Waals surface area (Å²) in [7, 11) is 0. The van der Waals surface area contributed by atoms with Crippen LogP contribution in [0, 0.1) is 0 Å². The Morgan fingerprint density at radius 3 is 2.83 bits per heavy atom. The Morgan fingerprint density at radius 1 is 1.30 bits per heavy atom. The molecule has 7 heteroatoms. The molecule has 0 saturated carbocycles. The largest absolute Gasteiger partial charge is 0.372 e. The summed E-state index contributed by atoms with van der Waals surface area (Å²) in [5, 5.41) is 16.0. The molecule has 1 atom stereocenters. The van der Waals surface area contributed by atoms with Crippen molar-refractivity contribution in [2.75, 3.05) is 13.2 Å². The second kappa shape index (κ2) is 7.38. The number of hydrogen-bond donors (Lipinski definition) is 1. The molecular weight excluding hydrogens is 314 g/mol. The van der Waals surface area contributed by atoms with Crippen LogP contribution in [-0.4, -0.2) is 33.4 Å². The first-order valence-electron chi connectivity index (χ1n) is 7.73. The zero-order valence-corrected chi connectivity index (χ0v) is 14.6. The van der Waals surface area contributed by atoms with Gasteiger partial charge in [0.25, 0.3) is 0 Å². The van der Waals surface area contributed by atoms with E-state index in [0.717, 1.165) is 19.6 Å². The van der Waals surface area contributed by atoms with E-state index >= 15 is 0 Å². The van der Waals surface area contributed by atoms with Crippen LogP contribution in [-0.2, 0) is 23.2 Å². The van der Waals surface area contributed by atoms with Gasteiger partial charge in [-0.15, -0.1) is 22.6 Å². The Balaban J connectivity index is 0.00000192. The standard InChI is InChI=1S/C16H23N5O.ClH/c1-16(2,3)21-19-15(18-20-21)11-17-10-14-13-7-5-4-6-12(13)8-9-22-14;/h4-7,14,17H,8-11H2,1-3H3;1H. The van der Waals surface area contributed by atoms with Crippen LogP contribution in [0.15, 0.2) is 24.3 Å². The van der Waals surface area contributed by atoms with Crippen LogP contribution in [0.3, 0.4) is 0 Å². The lowest BCUT2D eigenvalue weighted by atomic mass is 9.97. The maximum Gasteiger partial charge on any atom is 0.188 e. The number of aromatic nitrogens is 4. The topological polar surface area (TPSA) is 64.9 Å². The number of nitrogens with zero attached hydrogens (tertiary/aromatic N) is 4. The van der Waals surface area contributed by atoms with E-state index in [4.69, 9.17) is 4.74 Å². The van der Waals surface area contributed by atoms with E-state index in [2.05, 4.69) is 65.8 Å². The number of hydrogen-bond acceptors (Lipinski definition) is 5. The molecule has 1 aliphatic rings. The SMILES string of the molecule is CC(C)(C)n1nnc(CNCC2OCCc3ccccc32)n1.Cl. The Bertz CT molecular complexity index is 637. The average Bonchev–Trinajstić information content (AvgIpc) is 2.97. The molecule has 6 nitrogen and oxygen atoms in total. The third kappa shape index (κ3) is 4.28. The van der Waals surface area contributed by atoms with Gasteiger partial charge in [-0.25, -0.2) is 0 Å². The van der Waals surface area contributed by atoms with E-state index in [1.165, 1.54) is 11.1 Å². The van der Waals surface area contributed by atoms with Crippen molar-refractivity contribution in [1.82, 2.24) is 25.5 Å². The van der Waals surface area contributed by atoms with Crippen LogP contribution in [0.2, 0.25) is 0 Å². The van der Waals surface area contributed by atoms with E-state index in [1.54, 1.807) is 4.80 Å². The molecule has 23 heavy (non-hydrogen) atoms. The molecule has 3 rings (SSSR count). The summed E-state index contributed by atoms with van der Waals surface area (Å²) in [6.45, 7) is 8.29. The van der Waals surface area contributed by atoms with Gasteiger partial charge in [0, 0.05) is 6.54 Å². The summed E-state index contributed by atoms with van der Waals surface area (Å²) in [6, 6.07) is 8.48. The van der Waals surface area contributed by atoms with Crippen LogP contribution in [0.25, 0.3) is 0 Å². The number of fused-ring (bicyclic) bond motifs is 1. The van der Waals surface area contributed by atoms with Crippen molar-refractivity contribution >= 4 is 12.4 Å². The Morgan fingerprint density at radius 2 is 2.09 bits per heavy atom. The summed E-state index contributed by atoms with van der Waals surface area (Å²) in [5.41, 5.74) is 2.53. The lowest BCUT2D eigenvalue weighted by molar-refractivity contribution is 0.0422. The van der Waals surface area contributed by atoms with Gasteiger partial charge < -0.3 is 10.1 Å². The molecule has 1 unspecified atom stereocenters. The Hall–Kier alpha value is -1.50. The average molecular weight is 338 g/mol.